The second-order valence-corrected chi connectivity index (χ2v) is 15.3. The first-order valence-electron chi connectivity index (χ1n) is 9.62. The van der Waals surface area contributed by atoms with Crippen molar-refractivity contribution in [1.82, 2.24) is 0 Å². The molecule has 2 aliphatic rings. The molecular formula is C20H37NO4Si. The van der Waals surface area contributed by atoms with Gasteiger partial charge in [-0.25, -0.2) is 9.79 Å². The van der Waals surface area contributed by atoms with Crippen LogP contribution >= 0.6 is 0 Å². The van der Waals surface area contributed by atoms with E-state index in [1.807, 2.05) is 27.7 Å². The summed E-state index contributed by atoms with van der Waals surface area (Å²) in [6.07, 6.45) is 1.63. The molecule has 0 radical (unpaired) electrons. The van der Waals surface area contributed by atoms with Crippen molar-refractivity contribution in [3.63, 3.8) is 0 Å². The molecule has 0 aromatic carbocycles. The van der Waals surface area contributed by atoms with Crippen LogP contribution in [0.15, 0.2) is 4.99 Å². The highest BCUT2D eigenvalue weighted by atomic mass is 28.4. The first-order valence-corrected chi connectivity index (χ1v) is 12.5. The lowest BCUT2D eigenvalue weighted by molar-refractivity contribution is -0.181. The highest BCUT2D eigenvalue weighted by Gasteiger charge is 2.62. The van der Waals surface area contributed by atoms with Gasteiger partial charge in [0.05, 0.1) is 7.11 Å². The van der Waals surface area contributed by atoms with E-state index in [0.717, 1.165) is 6.42 Å². The van der Waals surface area contributed by atoms with Crippen LogP contribution in [0.3, 0.4) is 0 Å². The van der Waals surface area contributed by atoms with E-state index < -0.39 is 19.5 Å². The summed E-state index contributed by atoms with van der Waals surface area (Å²) >= 11 is 0. The molecule has 0 N–H and O–H groups in total. The standard InChI is InChI=1S/C20H37NO4Si/c1-17(2,3)19(7)15(23-8)21-20(16(22)25-19)12-11-14(20)13-24-26(9,10)18(4,5)6/h14H,11-13H2,1-10H3/t14-,19+,20+/m0/s1. The minimum absolute atomic E-state index is 0.0544. The predicted molar refractivity (Wildman–Crippen MR) is 107 cm³/mol. The van der Waals surface area contributed by atoms with Crippen LogP contribution in [0, 0.1) is 11.3 Å². The summed E-state index contributed by atoms with van der Waals surface area (Å²) in [5, 5.41) is 0.142. The lowest BCUT2D eigenvalue weighted by Crippen LogP contribution is -2.65. The number of aliphatic imine (C=N–C) groups is 1. The van der Waals surface area contributed by atoms with Crippen LogP contribution in [-0.2, 0) is 18.7 Å². The molecule has 1 aliphatic carbocycles. The van der Waals surface area contributed by atoms with Crippen molar-refractivity contribution in [3.05, 3.63) is 0 Å². The quantitative estimate of drug-likeness (QED) is 0.529. The molecule has 2 rings (SSSR count). The van der Waals surface area contributed by atoms with E-state index in [0.29, 0.717) is 18.9 Å². The number of rotatable bonds is 3. The Hall–Kier alpha value is -0.883. The van der Waals surface area contributed by atoms with Crippen molar-refractivity contribution >= 4 is 20.2 Å². The first-order chi connectivity index (χ1) is 11.6. The van der Waals surface area contributed by atoms with Crippen LogP contribution < -0.4 is 0 Å². The first kappa shape index (κ1) is 21.4. The minimum atomic E-state index is -1.87. The molecule has 5 nitrogen and oxygen atoms in total. The number of hydrogen-bond donors (Lipinski definition) is 0. The molecule has 1 fully saturated rings. The summed E-state index contributed by atoms with van der Waals surface area (Å²) in [5.41, 5.74) is -2.00. The third-order valence-electron chi connectivity index (χ3n) is 6.98. The summed E-state index contributed by atoms with van der Waals surface area (Å²) in [5.74, 6) is 0.339. The monoisotopic (exact) mass is 383 g/mol. The lowest BCUT2D eigenvalue weighted by atomic mass is 9.65. The molecular weight excluding hydrogens is 346 g/mol. The van der Waals surface area contributed by atoms with Gasteiger partial charge in [-0.15, -0.1) is 0 Å². The van der Waals surface area contributed by atoms with E-state index in [4.69, 9.17) is 18.9 Å². The van der Waals surface area contributed by atoms with Gasteiger partial charge in [-0.2, -0.15) is 0 Å². The van der Waals surface area contributed by atoms with Crippen LogP contribution in [0.4, 0.5) is 0 Å². The second-order valence-electron chi connectivity index (χ2n) is 10.5. The second kappa shape index (κ2) is 6.33. The van der Waals surface area contributed by atoms with Gasteiger partial charge in [0.15, 0.2) is 19.5 Å². The number of esters is 1. The van der Waals surface area contributed by atoms with Crippen LogP contribution in [-0.4, -0.2) is 45.0 Å². The Kier molecular flexibility index (Phi) is 5.22. The summed E-state index contributed by atoms with van der Waals surface area (Å²) in [6.45, 7) is 19.7. The number of nitrogens with zero attached hydrogens (tertiary/aromatic N) is 1. The van der Waals surface area contributed by atoms with Crippen molar-refractivity contribution in [2.75, 3.05) is 13.7 Å². The SMILES string of the molecule is COC1=N[C@@]2(CC[C@H]2CO[Si](C)(C)C(C)(C)C)C(=O)O[C@@]1(C)C(C)(C)C. The number of methoxy groups -OCH3 is 1. The number of ether oxygens (including phenoxy) is 2. The summed E-state index contributed by atoms with van der Waals surface area (Å²) in [7, 11) is -0.261. The normalized spacial score (nSPS) is 32.8. The topological polar surface area (TPSA) is 57.1 Å². The smallest absolute Gasteiger partial charge is 0.335 e. The molecule has 6 heteroatoms. The van der Waals surface area contributed by atoms with Gasteiger partial charge in [-0.1, -0.05) is 41.5 Å². The summed E-state index contributed by atoms with van der Waals surface area (Å²) in [4.78, 5) is 17.9. The molecule has 0 saturated heterocycles. The van der Waals surface area contributed by atoms with Gasteiger partial charge in [0, 0.05) is 17.9 Å². The molecule has 0 bridgehead atoms. The zero-order valence-electron chi connectivity index (χ0n) is 18.3. The molecule has 1 aliphatic heterocycles. The molecule has 1 saturated carbocycles. The fourth-order valence-corrected chi connectivity index (χ4v) is 4.20. The van der Waals surface area contributed by atoms with Crippen molar-refractivity contribution in [3.8, 4) is 0 Å². The van der Waals surface area contributed by atoms with Gasteiger partial charge in [0.2, 0.25) is 5.90 Å². The number of cyclic esters (lactones) is 1. The molecule has 0 aromatic heterocycles. The Morgan fingerprint density at radius 2 is 1.81 bits per heavy atom. The Bertz CT molecular complexity index is 602. The van der Waals surface area contributed by atoms with E-state index in [9.17, 15) is 4.79 Å². The molecule has 150 valence electrons. The highest BCUT2D eigenvalue weighted by molar-refractivity contribution is 6.74. The predicted octanol–water partition coefficient (Wildman–Crippen LogP) is 4.56. The van der Waals surface area contributed by atoms with E-state index in [1.54, 1.807) is 7.11 Å². The fraction of sp³-hybridized carbons (Fsp3) is 0.900. The van der Waals surface area contributed by atoms with Crippen molar-refractivity contribution in [2.24, 2.45) is 16.3 Å². The molecule has 0 aromatic rings. The third kappa shape index (κ3) is 3.24. The maximum atomic E-state index is 13.0. The fourth-order valence-electron chi connectivity index (χ4n) is 3.15. The maximum Gasteiger partial charge on any atom is 0.335 e. The van der Waals surface area contributed by atoms with Gasteiger partial charge < -0.3 is 13.9 Å². The zero-order chi connectivity index (χ0) is 20.2. The highest BCUT2D eigenvalue weighted by Crippen LogP contribution is 2.50. The van der Waals surface area contributed by atoms with Gasteiger partial charge in [-0.05, 0) is 37.9 Å². The van der Waals surface area contributed by atoms with Gasteiger partial charge in [-0.3, -0.25) is 0 Å². The average molecular weight is 384 g/mol. The Morgan fingerprint density at radius 1 is 1.23 bits per heavy atom. The third-order valence-corrected chi connectivity index (χ3v) is 11.5. The zero-order valence-corrected chi connectivity index (χ0v) is 19.3. The van der Waals surface area contributed by atoms with Crippen LogP contribution in [0.2, 0.25) is 18.1 Å². The van der Waals surface area contributed by atoms with Crippen molar-refractivity contribution < 1.29 is 18.7 Å². The summed E-state index contributed by atoms with van der Waals surface area (Å²) < 4.78 is 18.0. The van der Waals surface area contributed by atoms with Crippen molar-refractivity contribution in [1.29, 1.82) is 0 Å². The van der Waals surface area contributed by atoms with Crippen molar-refractivity contribution in [2.45, 2.75) is 90.6 Å². The number of carbonyl (C=O) groups excluding carboxylic acids is 1. The number of carbonyl (C=O) groups is 1. The van der Waals surface area contributed by atoms with E-state index in [-0.39, 0.29) is 22.3 Å². The lowest BCUT2D eigenvalue weighted by Gasteiger charge is -2.52. The van der Waals surface area contributed by atoms with Gasteiger partial charge in [0.25, 0.3) is 0 Å². The minimum Gasteiger partial charge on any atom is -0.481 e. The largest absolute Gasteiger partial charge is 0.481 e. The van der Waals surface area contributed by atoms with E-state index in [1.165, 1.54) is 0 Å². The molecule has 1 heterocycles. The van der Waals surface area contributed by atoms with Crippen LogP contribution in [0.5, 0.6) is 0 Å². The molecule has 26 heavy (non-hydrogen) atoms. The molecule has 0 amide bonds. The van der Waals surface area contributed by atoms with E-state index in [2.05, 4.69) is 33.9 Å². The van der Waals surface area contributed by atoms with Crippen LogP contribution in [0.1, 0.15) is 61.3 Å². The maximum absolute atomic E-state index is 13.0. The Balaban J connectivity index is 2.27. The summed E-state index contributed by atoms with van der Waals surface area (Å²) in [6, 6.07) is 0. The van der Waals surface area contributed by atoms with Gasteiger partial charge >= 0.3 is 5.97 Å². The average Bonchev–Trinajstić information content (AvgIpc) is 2.44. The number of hydrogen-bond acceptors (Lipinski definition) is 5. The van der Waals surface area contributed by atoms with Gasteiger partial charge in [0.1, 0.15) is 0 Å². The Morgan fingerprint density at radius 3 is 2.19 bits per heavy atom. The van der Waals surface area contributed by atoms with Crippen LogP contribution in [0.25, 0.3) is 0 Å². The van der Waals surface area contributed by atoms with E-state index >= 15 is 0 Å². The molecule has 3 atom stereocenters. The Labute approximate surface area is 160 Å². The molecule has 0 unspecified atom stereocenters. The molecule has 1 spiro atoms.